The predicted octanol–water partition coefficient (Wildman–Crippen LogP) is 13.9. The molecule has 0 fully saturated rings. The third-order valence-electron chi connectivity index (χ3n) is 11.7. The first-order valence-electron chi connectivity index (χ1n) is 20.3. The topological polar surface area (TPSA) is 48.5 Å². The summed E-state index contributed by atoms with van der Waals surface area (Å²) < 4.78 is 4.85. The molecule has 0 bridgehead atoms. The van der Waals surface area contributed by atoms with Crippen molar-refractivity contribution in [2.24, 2.45) is 0 Å². The third-order valence-corrected chi connectivity index (χ3v) is 11.7. The lowest BCUT2D eigenvalue weighted by Crippen LogP contribution is -2.01. The molecule has 12 rings (SSSR count). The van der Waals surface area contributed by atoms with Gasteiger partial charge in [-0.25, -0.2) is 15.0 Å². The van der Waals surface area contributed by atoms with Gasteiger partial charge in [-0.15, -0.1) is 0 Å². The van der Waals surface area contributed by atoms with Crippen LogP contribution in [0.25, 0.3) is 111 Å². The van der Waals surface area contributed by atoms with E-state index in [0.717, 1.165) is 39.1 Å². The second-order valence-electron chi connectivity index (χ2n) is 15.2. The number of nitrogens with zero attached hydrogens (tertiary/aromatic N) is 5. The van der Waals surface area contributed by atoms with E-state index in [1.54, 1.807) is 0 Å². The third kappa shape index (κ3) is 5.44. The molecule has 280 valence electrons. The molecule has 0 radical (unpaired) electrons. The smallest absolute Gasteiger partial charge is 0.164 e. The molecule has 0 saturated heterocycles. The van der Waals surface area contributed by atoms with Crippen LogP contribution in [0, 0.1) is 0 Å². The molecule has 12 aromatic rings. The Morgan fingerprint density at radius 1 is 0.283 bits per heavy atom. The Bertz CT molecular complexity index is 3510. The largest absolute Gasteiger partial charge is 0.309 e. The number of rotatable bonds is 6. The van der Waals surface area contributed by atoms with E-state index in [9.17, 15) is 0 Å². The maximum atomic E-state index is 5.07. The zero-order valence-electron chi connectivity index (χ0n) is 32.4. The van der Waals surface area contributed by atoms with Crippen molar-refractivity contribution in [1.29, 1.82) is 0 Å². The van der Waals surface area contributed by atoms with Gasteiger partial charge in [0, 0.05) is 55.0 Å². The van der Waals surface area contributed by atoms with Gasteiger partial charge in [-0.1, -0.05) is 170 Å². The summed E-state index contributed by atoms with van der Waals surface area (Å²) in [5.74, 6) is 1.91. The van der Waals surface area contributed by atoms with Crippen LogP contribution in [0.15, 0.2) is 212 Å². The van der Waals surface area contributed by atoms with Gasteiger partial charge in [-0.2, -0.15) is 0 Å². The normalized spacial score (nSPS) is 11.7. The lowest BCUT2D eigenvalue weighted by molar-refractivity contribution is 1.07. The molecule has 0 aliphatic heterocycles. The number of fused-ring (bicyclic) bond motifs is 9. The van der Waals surface area contributed by atoms with Gasteiger partial charge in [-0.3, -0.25) is 0 Å². The Balaban J connectivity index is 1.09. The first-order chi connectivity index (χ1) is 29.8. The van der Waals surface area contributed by atoms with Crippen molar-refractivity contribution in [2.75, 3.05) is 0 Å². The Kier molecular flexibility index (Phi) is 7.78. The lowest BCUT2D eigenvalue weighted by Gasteiger charge is -2.12. The summed E-state index contributed by atoms with van der Waals surface area (Å²) in [6.45, 7) is 0. The van der Waals surface area contributed by atoms with Crippen molar-refractivity contribution in [3.05, 3.63) is 212 Å². The quantitative estimate of drug-likeness (QED) is 0.169. The van der Waals surface area contributed by atoms with E-state index in [-0.39, 0.29) is 0 Å². The maximum Gasteiger partial charge on any atom is 0.164 e. The number of hydrogen-bond acceptors (Lipinski definition) is 3. The van der Waals surface area contributed by atoms with Crippen LogP contribution < -0.4 is 0 Å². The van der Waals surface area contributed by atoms with Crippen LogP contribution in [-0.4, -0.2) is 24.1 Å². The van der Waals surface area contributed by atoms with Crippen LogP contribution in [0.5, 0.6) is 0 Å². The van der Waals surface area contributed by atoms with E-state index in [1.165, 1.54) is 54.5 Å². The Morgan fingerprint density at radius 3 is 1.48 bits per heavy atom. The Labute approximate surface area is 346 Å². The van der Waals surface area contributed by atoms with E-state index < -0.39 is 0 Å². The van der Waals surface area contributed by atoms with Crippen LogP contribution in [0.3, 0.4) is 0 Å². The highest BCUT2D eigenvalue weighted by Crippen LogP contribution is 2.44. The van der Waals surface area contributed by atoms with Gasteiger partial charge in [0.15, 0.2) is 17.5 Å². The van der Waals surface area contributed by atoms with Gasteiger partial charge in [0.25, 0.3) is 0 Å². The Morgan fingerprint density at radius 2 is 0.800 bits per heavy atom. The fourth-order valence-electron chi connectivity index (χ4n) is 9.03. The fourth-order valence-corrected chi connectivity index (χ4v) is 9.03. The van der Waals surface area contributed by atoms with E-state index in [1.807, 2.05) is 60.7 Å². The Hall–Kier alpha value is -8.15. The molecule has 0 unspecified atom stereocenters. The van der Waals surface area contributed by atoms with Crippen LogP contribution in [0.1, 0.15) is 0 Å². The summed E-state index contributed by atoms with van der Waals surface area (Å²) in [7, 11) is 0. The molecular formula is C55H35N5. The summed E-state index contributed by atoms with van der Waals surface area (Å²) in [5.41, 5.74) is 12.0. The molecular weight excluding hydrogens is 731 g/mol. The van der Waals surface area contributed by atoms with Crippen LogP contribution >= 0.6 is 0 Å². The summed E-state index contributed by atoms with van der Waals surface area (Å²) in [4.78, 5) is 15.1. The highest BCUT2D eigenvalue weighted by atomic mass is 15.0. The SMILES string of the molecule is c1ccc(-c2ccc(-n3c4ccc5c(c6ccccc6n5-c5cccc(-c6nc(-c7ccccc7)nc(-c7ccccc7)n6)c5)c4c4ccc5ccccc5c43)cc2)cc1. The highest BCUT2D eigenvalue weighted by Gasteiger charge is 2.22. The molecule has 0 N–H and O–H groups in total. The zero-order chi connectivity index (χ0) is 39.6. The predicted molar refractivity (Wildman–Crippen MR) is 248 cm³/mol. The van der Waals surface area contributed by atoms with Crippen molar-refractivity contribution in [1.82, 2.24) is 24.1 Å². The number of benzene rings is 9. The molecule has 0 atom stereocenters. The van der Waals surface area contributed by atoms with Crippen molar-refractivity contribution >= 4 is 54.4 Å². The first kappa shape index (κ1) is 33.9. The average molecular weight is 766 g/mol. The van der Waals surface area contributed by atoms with Gasteiger partial charge in [0.2, 0.25) is 0 Å². The molecule has 5 nitrogen and oxygen atoms in total. The average Bonchev–Trinajstić information content (AvgIpc) is 3.86. The molecule has 0 saturated carbocycles. The van der Waals surface area contributed by atoms with Crippen LogP contribution in [-0.2, 0) is 0 Å². The molecule has 3 heterocycles. The van der Waals surface area contributed by atoms with Crippen molar-refractivity contribution in [2.45, 2.75) is 0 Å². The minimum Gasteiger partial charge on any atom is -0.309 e. The van der Waals surface area contributed by atoms with E-state index >= 15 is 0 Å². The van der Waals surface area contributed by atoms with Gasteiger partial charge in [0.1, 0.15) is 0 Å². The molecule has 0 spiro atoms. The minimum absolute atomic E-state index is 0.626. The number of hydrogen-bond donors (Lipinski definition) is 0. The van der Waals surface area contributed by atoms with Crippen molar-refractivity contribution < 1.29 is 0 Å². The standard InChI is InChI=1S/C55H35N5/c1-4-15-36(16-5-1)37-27-30-42(31-28-37)60-49-34-33-48-50(51(49)46-32-29-38-17-10-11-24-44(38)52(46)60)45-25-12-13-26-47(45)59(48)43-23-14-22-41(35-43)55-57-53(39-18-6-2-7-19-39)56-54(58-55)40-20-8-3-9-21-40/h1-35H. The van der Waals surface area contributed by atoms with Gasteiger partial charge < -0.3 is 9.13 Å². The molecule has 3 aromatic heterocycles. The van der Waals surface area contributed by atoms with Crippen LogP contribution in [0.2, 0.25) is 0 Å². The second-order valence-corrected chi connectivity index (χ2v) is 15.2. The minimum atomic E-state index is 0.626. The monoisotopic (exact) mass is 765 g/mol. The van der Waals surface area contributed by atoms with Crippen molar-refractivity contribution in [3.63, 3.8) is 0 Å². The second kappa shape index (κ2) is 13.8. The van der Waals surface area contributed by atoms with E-state index in [0.29, 0.717) is 17.5 Å². The molecule has 9 aromatic carbocycles. The van der Waals surface area contributed by atoms with Crippen molar-refractivity contribution in [3.8, 4) is 56.7 Å². The summed E-state index contributed by atoms with van der Waals surface area (Å²) in [5, 5.41) is 7.34. The van der Waals surface area contributed by atoms with Crippen LogP contribution in [0.4, 0.5) is 0 Å². The zero-order valence-corrected chi connectivity index (χ0v) is 32.4. The van der Waals surface area contributed by atoms with Gasteiger partial charge >= 0.3 is 0 Å². The molecule has 0 amide bonds. The molecule has 0 aliphatic rings. The van der Waals surface area contributed by atoms with E-state index in [2.05, 4.69) is 161 Å². The number of para-hydroxylation sites is 1. The summed E-state index contributed by atoms with van der Waals surface area (Å²) >= 11 is 0. The molecule has 5 heteroatoms. The maximum absolute atomic E-state index is 5.07. The summed E-state index contributed by atoms with van der Waals surface area (Å²) in [6, 6.07) is 75.1. The number of aromatic nitrogens is 5. The van der Waals surface area contributed by atoms with Gasteiger partial charge in [0.05, 0.1) is 22.1 Å². The highest BCUT2D eigenvalue weighted by molar-refractivity contribution is 6.31. The lowest BCUT2D eigenvalue weighted by atomic mass is 10.0. The van der Waals surface area contributed by atoms with Gasteiger partial charge in [-0.05, 0) is 59.0 Å². The summed E-state index contributed by atoms with van der Waals surface area (Å²) in [6.07, 6.45) is 0. The molecule has 0 aliphatic carbocycles. The van der Waals surface area contributed by atoms with E-state index in [4.69, 9.17) is 15.0 Å². The molecule has 60 heavy (non-hydrogen) atoms. The fraction of sp³-hybridized carbons (Fsp3) is 0. The first-order valence-corrected chi connectivity index (χ1v) is 20.3.